The van der Waals surface area contributed by atoms with E-state index in [9.17, 15) is 18.0 Å². The molecule has 1 N–H and O–H groups in total. The molecule has 0 aliphatic heterocycles. The molecule has 7 nitrogen and oxygen atoms in total. The summed E-state index contributed by atoms with van der Waals surface area (Å²) in [6.45, 7) is 7.08. The second-order valence-corrected chi connectivity index (χ2v) is 13.4. The molecule has 4 aromatic rings. The highest BCUT2D eigenvalue weighted by molar-refractivity contribution is 7.92. The van der Waals surface area contributed by atoms with Gasteiger partial charge in [-0.2, -0.15) is 0 Å². The molecule has 0 aromatic heterocycles. The van der Waals surface area contributed by atoms with Gasteiger partial charge in [0, 0.05) is 24.0 Å². The molecule has 0 aliphatic rings. The first-order valence-electron chi connectivity index (χ1n) is 14.5. The number of benzene rings is 4. The van der Waals surface area contributed by atoms with E-state index in [4.69, 9.17) is 11.6 Å². The summed E-state index contributed by atoms with van der Waals surface area (Å²) < 4.78 is 29.2. The molecular weight excluding hydrogens is 594 g/mol. The Morgan fingerprint density at radius 1 is 0.818 bits per heavy atom. The Morgan fingerprint density at radius 2 is 1.43 bits per heavy atom. The van der Waals surface area contributed by atoms with Crippen LogP contribution in [-0.2, 0) is 32.6 Å². The van der Waals surface area contributed by atoms with Crippen LogP contribution in [0.25, 0.3) is 0 Å². The first kappa shape index (κ1) is 32.8. The van der Waals surface area contributed by atoms with Crippen LogP contribution in [0, 0.1) is 13.8 Å². The number of aryl methyl sites for hydroxylation is 2. The Labute approximate surface area is 265 Å². The van der Waals surface area contributed by atoms with Gasteiger partial charge in [0.25, 0.3) is 10.0 Å². The van der Waals surface area contributed by atoms with Gasteiger partial charge in [0.05, 0.1) is 10.6 Å². The second-order valence-electron chi connectivity index (χ2n) is 11.1. The number of hydrogen-bond acceptors (Lipinski definition) is 4. The summed E-state index contributed by atoms with van der Waals surface area (Å²) >= 11 is 6.43. The van der Waals surface area contributed by atoms with Crippen LogP contribution in [0.3, 0.4) is 0 Å². The number of sulfonamides is 1. The monoisotopic (exact) mass is 631 g/mol. The average molecular weight is 632 g/mol. The average Bonchev–Trinajstić information content (AvgIpc) is 3.00. The molecule has 0 saturated heterocycles. The molecule has 9 heteroatoms. The van der Waals surface area contributed by atoms with Crippen LogP contribution in [0.15, 0.2) is 108 Å². The standard InChI is InChI=1S/C35H38ClN3O4S/c1-25(2)37-35(41)33(21-28-11-7-5-8-12-28)38(23-29-18-15-26(3)16-19-29)34(40)24-39(30-20-17-27(4)32(36)22-30)44(42,43)31-13-9-6-10-14-31/h5-20,22,25,33H,21,23-24H2,1-4H3,(H,37,41). The quantitative estimate of drug-likeness (QED) is 0.198. The van der Waals surface area contributed by atoms with Crippen molar-refractivity contribution in [3.63, 3.8) is 0 Å². The lowest BCUT2D eigenvalue weighted by atomic mass is 10.0. The van der Waals surface area contributed by atoms with Crippen LogP contribution in [0.2, 0.25) is 5.02 Å². The lowest BCUT2D eigenvalue weighted by Gasteiger charge is -2.34. The van der Waals surface area contributed by atoms with Gasteiger partial charge in [-0.05, 0) is 68.7 Å². The highest BCUT2D eigenvalue weighted by atomic mass is 35.5. The molecule has 230 valence electrons. The zero-order chi connectivity index (χ0) is 31.9. The van der Waals surface area contributed by atoms with Gasteiger partial charge in [-0.1, -0.05) is 96.0 Å². The number of nitrogens with zero attached hydrogens (tertiary/aromatic N) is 2. The lowest BCUT2D eigenvalue weighted by molar-refractivity contribution is -0.140. The largest absolute Gasteiger partial charge is 0.352 e. The third-order valence-corrected chi connectivity index (χ3v) is 9.42. The highest BCUT2D eigenvalue weighted by Crippen LogP contribution is 2.29. The summed E-state index contributed by atoms with van der Waals surface area (Å²) in [5.74, 6) is -0.846. The van der Waals surface area contributed by atoms with E-state index in [2.05, 4.69) is 5.32 Å². The van der Waals surface area contributed by atoms with Crippen LogP contribution in [0.5, 0.6) is 0 Å². The molecule has 0 aliphatic carbocycles. The van der Waals surface area contributed by atoms with Gasteiger partial charge in [-0.15, -0.1) is 0 Å². The number of amides is 2. The number of hydrogen-bond donors (Lipinski definition) is 1. The van der Waals surface area contributed by atoms with Gasteiger partial charge in [0.1, 0.15) is 12.6 Å². The van der Waals surface area contributed by atoms with E-state index in [1.807, 2.05) is 82.3 Å². The molecule has 1 unspecified atom stereocenters. The van der Waals surface area contributed by atoms with E-state index in [-0.39, 0.29) is 35.5 Å². The summed E-state index contributed by atoms with van der Waals surface area (Å²) in [5, 5.41) is 3.34. The van der Waals surface area contributed by atoms with E-state index in [0.29, 0.717) is 5.02 Å². The fourth-order valence-electron chi connectivity index (χ4n) is 4.81. The van der Waals surface area contributed by atoms with E-state index in [1.54, 1.807) is 36.4 Å². The number of halogens is 1. The van der Waals surface area contributed by atoms with Crippen LogP contribution < -0.4 is 9.62 Å². The number of carbonyl (C=O) groups is 2. The highest BCUT2D eigenvalue weighted by Gasteiger charge is 2.35. The van der Waals surface area contributed by atoms with Crippen LogP contribution in [0.4, 0.5) is 5.69 Å². The molecule has 0 heterocycles. The summed E-state index contributed by atoms with van der Waals surface area (Å²) in [6.07, 6.45) is 0.249. The minimum Gasteiger partial charge on any atom is -0.352 e. The fourth-order valence-corrected chi connectivity index (χ4v) is 6.41. The van der Waals surface area contributed by atoms with Crippen molar-refractivity contribution in [2.75, 3.05) is 10.8 Å². The maximum absolute atomic E-state index is 14.5. The Bertz CT molecular complexity index is 1680. The molecule has 4 rings (SSSR count). The SMILES string of the molecule is Cc1ccc(CN(C(=O)CN(c2ccc(C)c(Cl)c2)S(=O)(=O)c2ccccc2)C(Cc2ccccc2)C(=O)NC(C)C)cc1. The molecular formula is C35H38ClN3O4S. The van der Waals surface area contributed by atoms with Gasteiger partial charge in [-0.25, -0.2) is 8.42 Å². The van der Waals surface area contributed by atoms with Crippen LogP contribution in [0.1, 0.15) is 36.1 Å². The summed E-state index contributed by atoms with van der Waals surface area (Å²) in [6, 6.07) is 29.0. The maximum Gasteiger partial charge on any atom is 0.264 e. The predicted octanol–water partition coefficient (Wildman–Crippen LogP) is 6.32. The fraction of sp³-hybridized carbons (Fsp3) is 0.257. The molecule has 0 spiro atoms. The number of anilines is 1. The summed E-state index contributed by atoms with van der Waals surface area (Å²) in [5.41, 5.74) is 3.77. The molecule has 4 aromatic carbocycles. The molecule has 0 radical (unpaired) electrons. The smallest absolute Gasteiger partial charge is 0.264 e. The summed E-state index contributed by atoms with van der Waals surface area (Å²) in [4.78, 5) is 29.7. The third kappa shape index (κ3) is 8.27. The van der Waals surface area contributed by atoms with Crippen LogP contribution >= 0.6 is 11.6 Å². The minimum atomic E-state index is -4.19. The zero-order valence-electron chi connectivity index (χ0n) is 25.4. The predicted molar refractivity (Wildman–Crippen MR) is 176 cm³/mol. The third-order valence-electron chi connectivity index (χ3n) is 7.23. The van der Waals surface area contributed by atoms with Gasteiger partial charge in [0.2, 0.25) is 11.8 Å². The van der Waals surface area contributed by atoms with E-state index >= 15 is 0 Å². The Balaban J connectivity index is 1.81. The summed E-state index contributed by atoms with van der Waals surface area (Å²) in [7, 11) is -4.19. The van der Waals surface area contributed by atoms with Crippen molar-refractivity contribution in [3.05, 3.63) is 130 Å². The van der Waals surface area contributed by atoms with Crippen molar-refractivity contribution in [3.8, 4) is 0 Å². The van der Waals surface area contributed by atoms with Crippen molar-refractivity contribution < 1.29 is 18.0 Å². The Hall–Kier alpha value is -4.14. The van der Waals surface area contributed by atoms with Gasteiger partial charge >= 0.3 is 0 Å². The minimum absolute atomic E-state index is 0.0352. The normalized spacial score (nSPS) is 12.0. The molecule has 0 bridgehead atoms. The molecule has 44 heavy (non-hydrogen) atoms. The second kappa shape index (κ2) is 14.6. The molecule has 1 atom stereocenters. The lowest BCUT2D eigenvalue weighted by Crippen LogP contribution is -2.54. The van der Waals surface area contributed by atoms with Crippen LogP contribution in [-0.4, -0.2) is 43.8 Å². The van der Waals surface area contributed by atoms with Crippen molar-refractivity contribution in [1.29, 1.82) is 0 Å². The van der Waals surface area contributed by atoms with Crippen molar-refractivity contribution >= 4 is 39.1 Å². The molecule has 2 amide bonds. The topological polar surface area (TPSA) is 86.8 Å². The Kier molecular flexibility index (Phi) is 10.8. The van der Waals surface area contributed by atoms with E-state index < -0.39 is 28.5 Å². The molecule has 0 saturated carbocycles. The Morgan fingerprint density at radius 3 is 2.02 bits per heavy atom. The van der Waals surface area contributed by atoms with Crippen molar-refractivity contribution in [2.24, 2.45) is 0 Å². The number of carbonyl (C=O) groups excluding carboxylic acids is 2. The van der Waals surface area contributed by atoms with Crippen molar-refractivity contribution in [1.82, 2.24) is 10.2 Å². The number of rotatable bonds is 12. The van der Waals surface area contributed by atoms with E-state index in [1.165, 1.54) is 17.0 Å². The molecule has 0 fully saturated rings. The van der Waals surface area contributed by atoms with Crippen molar-refractivity contribution in [2.45, 2.75) is 57.6 Å². The van der Waals surface area contributed by atoms with Gasteiger partial charge < -0.3 is 10.2 Å². The first-order chi connectivity index (χ1) is 21.0. The first-order valence-corrected chi connectivity index (χ1v) is 16.3. The van der Waals surface area contributed by atoms with E-state index in [0.717, 1.165) is 26.6 Å². The zero-order valence-corrected chi connectivity index (χ0v) is 27.0. The number of nitrogens with one attached hydrogen (secondary N) is 1. The maximum atomic E-state index is 14.5. The van der Waals surface area contributed by atoms with Gasteiger partial charge in [-0.3, -0.25) is 13.9 Å². The van der Waals surface area contributed by atoms with Gasteiger partial charge in [0.15, 0.2) is 0 Å².